The third-order valence-corrected chi connectivity index (χ3v) is 9.08. The molecule has 5 rings (SSSR count). The number of hydrogen-bond donors (Lipinski definition) is 2. The van der Waals surface area contributed by atoms with Crippen LogP contribution in [0, 0.1) is 17.8 Å². The van der Waals surface area contributed by atoms with Gasteiger partial charge in [0.2, 0.25) is 0 Å². The Bertz CT molecular complexity index is 972. The molecule has 3 fully saturated rings. The van der Waals surface area contributed by atoms with Crippen LogP contribution >= 0.6 is 0 Å². The van der Waals surface area contributed by atoms with E-state index >= 15 is 0 Å². The Morgan fingerprint density at radius 1 is 1.06 bits per heavy atom. The number of carbonyl (C=O) groups excluding carboxylic acids is 2. The molecule has 2 N–H and O–H groups in total. The lowest BCUT2D eigenvalue weighted by Crippen LogP contribution is -3.14. The van der Waals surface area contributed by atoms with Gasteiger partial charge >= 0.3 is 6.03 Å². The van der Waals surface area contributed by atoms with E-state index in [1.54, 1.807) is 11.0 Å². The summed E-state index contributed by atoms with van der Waals surface area (Å²) in [4.78, 5) is 40.2. The molecule has 8 heteroatoms. The monoisotopic (exact) mass is 484 g/mol. The maximum absolute atomic E-state index is 13.0. The van der Waals surface area contributed by atoms with Gasteiger partial charge in [-0.1, -0.05) is 25.3 Å². The van der Waals surface area contributed by atoms with Gasteiger partial charge in [-0.3, -0.25) is 4.79 Å². The van der Waals surface area contributed by atoms with E-state index in [1.165, 1.54) is 25.0 Å². The maximum Gasteiger partial charge on any atom is 0.317 e. The molecule has 4 aliphatic rings. The molecular formula is C27H40N4O4. The van der Waals surface area contributed by atoms with Crippen molar-refractivity contribution in [1.29, 1.82) is 0 Å². The van der Waals surface area contributed by atoms with Gasteiger partial charge in [-0.05, 0) is 50.0 Å². The number of nitrogens with one attached hydrogen (secondary N) is 2. The van der Waals surface area contributed by atoms with Gasteiger partial charge in [-0.2, -0.15) is 0 Å². The van der Waals surface area contributed by atoms with Crippen molar-refractivity contribution in [2.24, 2.45) is 17.8 Å². The van der Waals surface area contributed by atoms with Gasteiger partial charge in [0, 0.05) is 61.7 Å². The van der Waals surface area contributed by atoms with Crippen molar-refractivity contribution in [2.75, 3.05) is 32.7 Å². The molecule has 35 heavy (non-hydrogen) atoms. The summed E-state index contributed by atoms with van der Waals surface area (Å²) in [5.41, 5.74) is 1.28. The molecule has 0 aromatic carbocycles. The second kappa shape index (κ2) is 10.7. The van der Waals surface area contributed by atoms with Gasteiger partial charge < -0.3 is 29.6 Å². The number of rotatable bonds is 6. The molecule has 1 aromatic heterocycles. The zero-order valence-electron chi connectivity index (χ0n) is 20.8. The first-order chi connectivity index (χ1) is 17.0. The molecule has 192 valence electrons. The number of aromatic nitrogens is 1. The number of pyridine rings is 1. The summed E-state index contributed by atoms with van der Waals surface area (Å²) < 4.78 is 1.97. The largest absolute Gasteiger partial charge is 0.550 e. The summed E-state index contributed by atoms with van der Waals surface area (Å²) >= 11 is 0. The summed E-state index contributed by atoms with van der Waals surface area (Å²) in [6.45, 7) is 5.12. The van der Waals surface area contributed by atoms with E-state index in [4.69, 9.17) is 0 Å². The maximum atomic E-state index is 13.0. The van der Waals surface area contributed by atoms with Gasteiger partial charge in [0.25, 0.3) is 5.56 Å². The van der Waals surface area contributed by atoms with Crippen LogP contribution in [0.15, 0.2) is 23.0 Å². The van der Waals surface area contributed by atoms with Crippen molar-refractivity contribution in [2.45, 2.75) is 76.3 Å². The fourth-order valence-corrected chi connectivity index (χ4v) is 7.30. The summed E-state index contributed by atoms with van der Waals surface area (Å²) in [5, 5.41) is 14.7. The second-order valence-electron chi connectivity index (χ2n) is 11.5. The Morgan fingerprint density at radius 2 is 1.89 bits per heavy atom. The first kappa shape index (κ1) is 24.3. The van der Waals surface area contributed by atoms with Crippen molar-refractivity contribution < 1.29 is 19.6 Å². The highest BCUT2D eigenvalue weighted by Crippen LogP contribution is 2.31. The Morgan fingerprint density at radius 3 is 2.69 bits per heavy atom. The molecule has 5 atom stereocenters. The van der Waals surface area contributed by atoms with Crippen LogP contribution < -0.4 is 20.9 Å². The average molecular weight is 485 g/mol. The molecule has 2 amide bonds. The zero-order chi connectivity index (χ0) is 24.4. The molecular weight excluding hydrogens is 444 g/mol. The number of quaternary nitrogens is 1. The minimum atomic E-state index is -0.984. The number of carbonyl (C=O) groups is 2. The Kier molecular flexibility index (Phi) is 7.46. The third-order valence-electron chi connectivity index (χ3n) is 9.08. The zero-order valence-corrected chi connectivity index (χ0v) is 20.8. The fraction of sp³-hybridized carbons (Fsp3) is 0.741. The van der Waals surface area contributed by atoms with Crippen LogP contribution in [0.25, 0.3) is 0 Å². The number of hydrogen-bond acceptors (Lipinski definition) is 4. The van der Waals surface area contributed by atoms with E-state index in [2.05, 4.69) is 11.4 Å². The molecule has 1 unspecified atom stereocenters. The first-order valence-electron chi connectivity index (χ1n) is 13.7. The number of carboxylic acid groups (broad SMARTS) is 1. The molecule has 2 saturated heterocycles. The molecule has 2 bridgehead atoms. The van der Waals surface area contributed by atoms with Crippen LogP contribution in [0.5, 0.6) is 0 Å². The first-order valence-corrected chi connectivity index (χ1v) is 13.7. The van der Waals surface area contributed by atoms with Crippen LogP contribution in [-0.4, -0.2) is 60.2 Å². The summed E-state index contributed by atoms with van der Waals surface area (Å²) in [7, 11) is 0. The van der Waals surface area contributed by atoms with E-state index in [0.29, 0.717) is 24.9 Å². The van der Waals surface area contributed by atoms with Crippen molar-refractivity contribution in [3.8, 4) is 0 Å². The van der Waals surface area contributed by atoms with Gasteiger partial charge in [-0.25, -0.2) is 4.79 Å². The van der Waals surface area contributed by atoms with E-state index in [9.17, 15) is 19.5 Å². The number of nitrogens with zero attached hydrogens (tertiary/aromatic N) is 2. The third kappa shape index (κ3) is 5.74. The number of urea groups is 1. The van der Waals surface area contributed by atoms with E-state index in [-0.39, 0.29) is 35.9 Å². The Hall–Kier alpha value is -2.35. The number of aliphatic carboxylic acids is 1. The van der Waals surface area contributed by atoms with Gasteiger partial charge in [0.1, 0.15) is 0 Å². The summed E-state index contributed by atoms with van der Waals surface area (Å²) in [6, 6.07) is 5.94. The molecule has 0 radical (unpaired) electrons. The smallest absolute Gasteiger partial charge is 0.317 e. The Labute approximate surface area is 207 Å². The van der Waals surface area contributed by atoms with Crippen LogP contribution in [0.4, 0.5) is 4.79 Å². The fourth-order valence-electron chi connectivity index (χ4n) is 7.30. The second-order valence-corrected chi connectivity index (χ2v) is 11.5. The molecule has 0 spiro atoms. The highest BCUT2D eigenvalue weighted by molar-refractivity contribution is 5.74. The quantitative estimate of drug-likeness (QED) is 0.609. The minimum Gasteiger partial charge on any atom is -0.550 e. The molecule has 3 aliphatic heterocycles. The van der Waals surface area contributed by atoms with E-state index in [1.807, 2.05) is 15.5 Å². The number of likely N-dealkylation sites (tertiary alicyclic amines) is 2. The summed E-state index contributed by atoms with van der Waals surface area (Å²) in [6.07, 6.45) is 8.62. The van der Waals surface area contributed by atoms with Crippen LogP contribution in [0.2, 0.25) is 0 Å². The molecule has 1 aliphatic carbocycles. The topological polar surface area (TPSA) is 98.9 Å². The number of piperidine rings is 2. The standard InChI is InChI=1S/C27H40N4O4/c32-25-8-4-7-24-22-13-19(16-31(24)25)15-29(17-22)11-9-21-18-30(12-10-20(21)14-26(33)34)27(35)28-23-5-2-1-3-6-23/h4,7-8,19-23H,1-3,5-6,9-18H2,(H,28,35)(H,33,34)/t19-,20-,21-,22+/m0/s1. The lowest BCUT2D eigenvalue weighted by molar-refractivity contribution is -0.911. The van der Waals surface area contributed by atoms with Gasteiger partial charge in [0.05, 0.1) is 19.6 Å². The van der Waals surface area contributed by atoms with Gasteiger partial charge in [0.15, 0.2) is 0 Å². The SMILES string of the molecule is O=C([O-])C[C@@H]1CCN(C(=O)NC2CCCCC2)C[C@@H]1CC[NH+]1C[C@@H]2C[C@H](C1)c1cccc(=O)n1C2. The number of amides is 2. The normalized spacial score (nSPS) is 31.0. The van der Waals surface area contributed by atoms with E-state index in [0.717, 1.165) is 58.3 Å². The number of fused-ring (bicyclic) bond motifs is 4. The van der Waals surface area contributed by atoms with Crippen LogP contribution in [-0.2, 0) is 11.3 Å². The average Bonchev–Trinajstić information content (AvgIpc) is 2.84. The predicted molar refractivity (Wildman–Crippen MR) is 130 cm³/mol. The van der Waals surface area contributed by atoms with Gasteiger partial charge in [-0.15, -0.1) is 0 Å². The predicted octanol–water partition coefficient (Wildman–Crippen LogP) is 0.361. The lowest BCUT2D eigenvalue weighted by atomic mass is 9.80. The highest BCUT2D eigenvalue weighted by atomic mass is 16.4. The highest BCUT2D eigenvalue weighted by Gasteiger charge is 2.38. The Balaban J connectivity index is 1.20. The molecule has 4 heterocycles. The molecule has 8 nitrogen and oxygen atoms in total. The minimum absolute atomic E-state index is 0.0238. The van der Waals surface area contributed by atoms with Crippen molar-refractivity contribution in [3.63, 3.8) is 0 Å². The van der Waals surface area contributed by atoms with Crippen LogP contribution in [0.1, 0.15) is 69.4 Å². The van der Waals surface area contributed by atoms with Crippen molar-refractivity contribution in [1.82, 2.24) is 14.8 Å². The number of carboxylic acids is 1. The van der Waals surface area contributed by atoms with Crippen molar-refractivity contribution >= 4 is 12.0 Å². The van der Waals surface area contributed by atoms with Crippen LogP contribution in [0.3, 0.4) is 0 Å². The molecule has 1 aromatic rings. The summed E-state index contributed by atoms with van der Waals surface area (Å²) in [5.74, 6) is 0.195. The molecule has 1 saturated carbocycles. The lowest BCUT2D eigenvalue weighted by Gasteiger charge is -2.42. The van der Waals surface area contributed by atoms with E-state index < -0.39 is 5.97 Å². The van der Waals surface area contributed by atoms with Crippen molar-refractivity contribution in [3.05, 3.63) is 34.2 Å².